The zero-order chi connectivity index (χ0) is 16.3. The van der Waals surface area contributed by atoms with Gasteiger partial charge < -0.3 is 0 Å². The molecule has 3 rings (SSSR count). The van der Waals surface area contributed by atoms with E-state index >= 15 is 0 Å². The Hall–Kier alpha value is -1.56. The largest absolute Gasteiger partial charge is 0.0590 e. The molecule has 0 bridgehead atoms. The first kappa shape index (κ1) is 15.3. The van der Waals surface area contributed by atoms with Crippen LogP contribution in [0, 0.1) is 27.7 Å². The van der Waals surface area contributed by atoms with Crippen LogP contribution in [0.2, 0.25) is 0 Å². The van der Waals surface area contributed by atoms with Gasteiger partial charge in [-0.1, -0.05) is 56.7 Å². The molecular formula is C22H28. The van der Waals surface area contributed by atoms with E-state index < -0.39 is 0 Å². The van der Waals surface area contributed by atoms with Crippen molar-refractivity contribution in [3.8, 4) is 0 Å². The summed E-state index contributed by atoms with van der Waals surface area (Å²) in [5, 5.41) is 0. The summed E-state index contributed by atoms with van der Waals surface area (Å²) in [4.78, 5) is 0. The molecule has 1 aliphatic rings. The first-order chi connectivity index (χ1) is 10.1. The van der Waals surface area contributed by atoms with Gasteiger partial charge in [-0.25, -0.2) is 0 Å². The van der Waals surface area contributed by atoms with Gasteiger partial charge in [-0.3, -0.25) is 0 Å². The maximum absolute atomic E-state index is 2.44. The van der Waals surface area contributed by atoms with E-state index in [9.17, 15) is 0 Å². The summed E-state index contributed by atoms with van der Waals surface area (Å²) < 4.78 is 0. The average molecular weight is 292 g/mol. The van der Waals surface area contributed by atoms with E-state index in [0.717, 1.165) is 0 Å². The Kier molecular flexibility index (Phi) is 3.29. The maximum Gasteiger partial charge on any atom is 0.0188 e. The van der Waals surface area contributed by atoms with Crippen molar-refractivity contribution in [1.29, 1.82) is 0 Å². The molecule has 0 radical (unpaired) electrons. The van der Waals surface area contributed by atoms with Crippen LogP contribution < -0.4 is 0 Å². The number of aryl methyl sites for hydroxylation is 4. The van der Waals surface area contributed by atoms with E-state index in [1.807, 2.05) is 0 Å². The fraction of sp³-hybridized carbons (Fsp3) is 0.455. The second kappa shape index (κ2) is 4.72. The van der Waals surface area contributed by atoms with Crippen molar-refractivity contribution in [2.45, 2.75) is 65.7 Å². The van der Waals surface area contributed by atoms with Crippen molar-refractivity contribution in [3.05, 3.63) is 69.3 Å². The third kappa shape index (κ3) is 2.12. The van der Waals surface area contributed by atoms with E-state index in [1.165, 1.54) is 45.4 Å². The van der Waals surface area contributed by atoms with Crippen LogP contribution >= 0.6 is 0 Å². The molecule has 2 aromatic carbocycles. The molecule has 2 aromatic rings. The Labute approximate surface area is 135 Å². The predicted octanol–water partition coefficient (Wildman–Crippen LogP) is 5.91. The summed E-state index contributed by atoms with van der Waals surface area (Å²) in [5.74, 6) is 0. The lowest BCUT2D eigenvalue weighted by atomic mass is 9.73. The molecule has 1 atom stereocenters. The highest BCUT2D eigenvalue weighted by atomic mass is 14.5. The molecule has 0 saturated carbocycles. The molecule has 116 valence electrons. The van der Waals surface area contributed by atoms with Gasteiger partial charge in [-0.2, -0.15) is 0 Å². The molecule has 0 nitrogen and oxygen atoms in total. The number of fused-ring (bicyclic) bond motifs is 1. The van der Waals surface area contributed by atoms with Gasteiger partial charge in [0.05, 0.1) is 0 Å². The van der Waals surface area contributed by atoms with Crippen LogP contribution in [0.5, 0.6) is 0 Å². The molecule has 0 heteroatoms. The summed E-state index contributed by atoms with van der Waals surface area (Å²) in [5.41, 5.74) is 10.5. The molecule has 0 fully saturated rings. The van der Waals surface area contributed by atoms with Gasteiger partial charge in [0.2, 0.25) is 0 Å². The fourth-order valence-corrected chi connectivity index (χ4v) is 4.58. The molecule has 1 unspecified atom stereocenters. The summed E-state index contributed by atoms with van der Waals surface area (Å²) in [6.07, 6.45) is 1.18. The molecule has 22 heavy (non-hydrogen) atoms. The summed E-state index contributed by atoms with van der Waals surface area (Å²) in [7, 11) is 0. The van der Waals surface area contributed by atoms with Crippen molar-refractivity contribution in [2.75, 3.05) is 0 Å². The molecule has 0 spiro atoms. The third-order valence-corrected chi connectivity index (χ3v) is 5.73. The Morgan fingerprint density at radius 1 is 0.682 bits per heavy atom. The van der Waals surface area contributed by atoms with Crippen molar-refractivity contribution in [1.82, 2.24) is 0 Å². The summed E-state index contributed by atoms with van der Waals surface area (Å²) in [6.45, 7) is 16.2. The van der Waals surface area contributed by atoms with Crippen molar-refractivity contribution in [3.63, 3.8) is 0 Å². The number of hydrogen-bond donors (Lipinski definition) is 0. The number of hydrogen-bond acceptors (Lipinski definition) is 0. The quantitative estimate of drug-likeness (QED) is 0.613. The second-order valence-electron chi connectivity index (χ2n) is 8.19. The predicted molar refractivity (Wildman–Crippen MR) is 95.9 cm³/mol. The Bertz CT molecular complexity index is 749. The van der Waals surface area contributed by atoms with Crippen LogP contribution in [0.1, 0.15) is 66.1 Å². The van der Waals surface area contributed by atoms with Crippen molar-refractivity contribution < 1.29 is 0 Å². The first-order valence-corrected chi connectivity index (χ1v) is 8.35. The van der Waals surface area contributed by atoms with E-state index in [1.54, 1.807) is 0 Å². The zero-order valence-electron chi connectivity index (χ0n) is 15.1. The molecule has 0 heterocycles. The van der Waals surface area contributed by atoms with Gasteiger partial charge in [0.1, 0.15) is 0 Å². The van der Waals surface area contributed by atoms with Crippen molar-refractivity contribution >= 4 is 0 Å². The van der Waals surface area contributed by atoms with Crippen LogP contribution in [-0.4, -0.2) is 0 Å². The highest BCUT2D eigenvalue weighted by Crippen LogP contribution is 2.53. The summed E-state index contributed by atoms with van der Waals surface area (Å²) in [6, 6.07) is 11.8. The maximum atomic E-state index is 2.44. The van der Waals surface area contributed by atoms with E-state index in [4.69, 9.17) is 0 Å². The highest BCUT2D eigenvalue weighted by Gasteiger charge is 2.46. The van der Waals surface area contributed by atoms with Gasteiger partial charge in [-0.15, -0.1) is 0 Å². The standard InChI is InChI=1S/C22H28/c1-14-8-9-18(17(4)10-14)22(7)13-21(5,6)19-11-15(2)16(3)12-20(19)22/h8-12H,13H2,1-7H3. The van der Waals surface area contributed by atoms with Gasteiger partial charge >= 0.3 is 0 Å². The van der Waals surface area contributed by atoms with Gasteiger partial charge in [-0.05, 0) is 72.9 Å². The van der Waals surface area contributed by atoms with Gasteiger partial charge in [0.15, 0.2) is 0 Å². The van der Waals surface area contributed by atoms with E-state index in [2.05, 4.69) is 78.8 Å². The van der Waals surface area contributed by atoms with Crippen LogP contribution in [0.25, 0.3) is 0 Å². The van der Waals surface area contributed by atoms with Gasteiger partial charge in [0.25, 0.3) is 0 Å². The van der Waals surface area contributed by atoms with E-state index in [-0.39, 0.29) is 10.8 Å². The molecule has 1 aliphatic carbocycles. The Morgan fingerprint density at radius 2 is 1.27 bits per heavy atom. The van der Waals surface area contributed by atoms with Crippen LogP contribution in [0.4, 0.5) is 0 Å². The molecular weight excluding hydrogens is 264 g/mol. The van der Waals surface area contributed by atoms with Crippen LogP contribution in [0.3, 0.4) is 0 Å². The summed E-state index contributed by atoms with van der Waals surface area (Å²) >= 11 is 0. The second-order valence-corrected chi connectivity index (χ2v) is 8.19. The van der Waals surface area contributed by atoms with E-state index in [0.29, 0.717) is 0 Å². The van der Waals surface area contributed by atoms with Crippen molar-refractivity contribution in [2.24, 2.45) is 0 Å². The molecule has 0 aliphatic heterocycles. The lowest BCUT2D eigenvalue weighted by Crippen LogP contribution is -2.24. The average Bonchev–Trinajstić information content (AvgIpc) is 2.58. The Balaban J connectivity index is 2.28. The minimum absolute atomic E-state index is 0.120. The van der Waals surface area contributed by atoms with Gasteiger partial charge in [0, 0.05) is 5.41 Å². The Morgan fingerprint density at radius 3 is 1.86 bits per heavy atom. The normalized spacial score (nSPS) is 22.7. The first-order valence-electron chi connectivity index (χ1n) is 8.35. The SMILES string of the molecule is Cc1ccc(C2(C)CC(C)(C)c3cc(C)c(C)cc32)c(C)c1. The van der Waals surface area contributed by atoms with Crippen LogP contribution in [-0.2, 0) is 10.8 Å². The molecule has 0 aromatic heterocycles. The minimum atomic E-state index is 0.120. The monoisotopic (exact) mass is 292 g/mol. The number of rotatable bonds is 1. The zero-order valence-corrected chi connectivity index (χ0v) is 15.1. The van der Waals surface area contributed by atoms with Crippen LogP contribution in [0.15, 0.2) is 30.3 Å². The molecule has 0 amide bonds. The topological polar surface area (TPSA) is 0 Å². The third-order valence-electron chi connectivity index (χ3n) is 5.73. The molecule has 0 N–H and O–H groups in total. The minimum Gasteiger partial charge on any atom is -0.0590 e. The highest BCUT2D eigenvalue weighted by molar-refractivity contribution is 5.56. The lowest BCUT2D eigenvalue weighted by molar-refractivity contribution is 0.424. The smallest absolute Gasteiger partial charge is 0.0188 e. The lowest BCUT2D eigenvalue weighted by Gasteiger charge is -2.30. The molecule has 0 saturated heterocycles. The fourth-order valence-electron chi connectivity index (χ4n) is 4.58. The number of benzene rings is 2.